The maximum absolute atomic E-state index is 11.7. The van der Waals surface area contributed by atoms with E-state index in [-0.39, 0.29) is 17.5 Å². The molecule has 3 nitrogen and oxygen atoms in total. The summed E-state index contributed by atoms with van der Waals surface area (Å²) in [5, 5.41) is 6.33. The van der Waals surface area contributed by atoms with Gasteiger partial charge in [0.25, 0.3) is 0 Å². The molecule has 0 bridgehead atoms. The molecule has 0 spiro atoms. The van der Waals surface area contributed by atoms with E-state index in [1.165, 1.54) is 9.13 Å². The Labute approximate surface area is 129 Å². The lowest BCUT2D eigenvalue weighted by molar-refractivity contribution is -0.122. The Balaban J connectivity index is 2.33. The monoisotopic (exact) mass is 374 g/mol. The van der Waals surface area contributed by atoms with E-state index < -0.39 is 0 Å². The van der Waals surface area contributed by atoms with E-state index in [0.717, 1.165) is 0 Å². The Morgan fingerprint density at radius 2 is 1.84 bits per heavy atom. The lowest BCUT2D eigenvalue weighted by atomic mass is 10.1. The first-order valence-corrected chi connectivity index (χ1v) is 7.66. The zero-order chi connectivity index (χ0) is 14.5. The summed E-state index contributed by atoms with van der Waals surface area (Å²) in [6, 6.07) is 8.70. The average molecular weight is 374 g/mol. The van der Waals surface area contributed by atoms with Crippen LogP contribution in [0, 0.1) is 3.57 Å². The second-order valence-electron chi connectivity index (χ2n) is 5.78. The minimum absolute atomic E-state index is 0.0924. The van der Waals surface area contributed by atoms with E-state index in [0.29, 0.717) is 13.0 Å². The van der Waals surface area contributed by atoms with E-state index in [9.17, 15) is 4.79 Å². The number of halogens is 1. The minimum atomic E-state index is -0.154. The quantitative estimate of drug-likeness (QED) is 0.777. The summed E-state index contributed by atoms with van der Waals surface area (Å²) in [6.07, 6.45) is 0.506. The maximum Gasteiger partial charge on any atom is 0.221 e. The second kappa shape index (κ2) is 7.24. The number of amides is 1. The van der Waals surface area contributed by atoms with Gasteiger partial charge in [-0.05, 0) is 68.0 Å². The molecule has 1 amide bonds. The van der Waals surface area contributed by atoms with Gasteiger partial charge in [-0.1, -0.05) is 12.1 Å². The van der Waals surface area contributed by atoms with Gasteiger partial charge >= 0.3 is 0 Å². The largest absolute Gasteiger partial charge is 0.351 e. The first-order chi connectivity index (χ1) is 8.78. The molecule has 1 aromatic rings. The third-order valence-electron chi connectivity index (χ3n) is 2.69. The van der Waals surface area contributed by atoms with Crippen LogP contribution in [0.25, 0.3) is 0 Å². The molecule has 0 heterocycles. The normalized spacial score (nSPS) is 13.1. The fourth-order valence-electron chi connectivity index (χ4n) is 1.75. The van der Waals surface area contributed by atoms with Crippen molar-refractivity contribution in [2.24, 2.45) is 0 Å². The van der Waals surface area contributed by atoms with Crippen LogP contribution < -0.4 is 10.6 Å². The zero-order valence-electron chi connectivity index (χ0n) is 12.1. The summed E-state index contributed by atoms with van der Waals surface area (Å²) >= 11 is 2.30. The van der Waals surface area contributed by atoms with Crippen molar-refractivity contribution >= 4 is 28.5 Å². The molecular formula is C15H23IN2O. The highest BCUT2D eigenvalue weighted by molar-refractivity contribution is 14.1. The molecule has 0 aliphatic carbocycles. The van der Waals surface area contributed by atoms with Crippen molar-refractivity contribution in [1.82, 2.24) is 10.6 Å². The van der Waals surface area contributed by atoms with Crippen LogP contribution in [0.3, 0.4) is 0 Å². The molecule has 1 aromatic carbocycles. The van der Waals surface area contributed by atoms with Gasteiger partial charge in [0, 0.05) is 28.1 Å². The Morgan fingerprint density at radius 1 is 1.26 bits per heavy atom. The SMILES string of the molecule is CC(NCCC(=O)NC(C)(C)C)c1ccc(I)cc1. The summed E-state index contributed by atoms with van der Waals surface area (Å²) < 4.78 is 1.23. The first-order valence-electron chi connectivity index (χ1n) is 6.58. The Kier molecular flexibility index (Phi) is 6.26. The molecule has 0 saturated heterocycles. The average Bonchev–Trinajstić information content (AvgIpc) is 2.27. The number of hydrogen-bond donors (Lipinski definition) is 2. The molecule has 0 aromatic heterocycles. The number of rotatable bonds is 5. The lowest BCUT2D eigenvalue weighted by Crippen LogP contribution is -2.41. The predicted octanol–water partition coefficient (Wildman–Crippen LogP) is 3.25. The van der Waals surface area contributed by atoms with Gasteiger partial charge in [0.1, 0.15) is 0 Å². The highest BCUT2D eigenvalue weighted by atomic mass is 127. The summed E-state index contributed by atoms with van der Waals surface area (Å²) in [5.74, 6) is 0.0924. The maximum atomic E-state index is 11.7. The van der Waals surface area contributed by atoms with Crippen LogP contribution in [0.5, 0.6) is 0 Å². The van der Waals surface area contributed by atoms with Gasteiger partial charge in [-0.2, -0.15) is 0 Å². The molecule has 19 heavy (non-hydrogen) atoms. The predicted molar refractivity (Wildman–Crippen MR) is 88.1 cm³/mol. The number of carbonyl (C=O) groups is 1. The van der Waals surface area contributed by atoms with Crippen molar-refractivity contribution in [1.29, 1.82) is 0 Å². The summed E-state index contributed by atoms with van der Waals surface area (Å²) in [7, 11) is 0. The van der Waals surface area contributed by atoms with Crippen LogP contribution in [0.1, 0.15) is 45.7 Å². The van der Waals surface area contributed by atoms with Gasteiger partial charge in [0.05, 0.1) is 0 Å². The molecular weight excluding hydrogens is 351 g/mol. The van der Waals surface area contributed by atoms with Gasteiger partial charge in [0.2, 0.25) is 5.91 Å². The van der Waals surface area contributed by atoms with E-state index in [1.54, 1.807) is 0 Å². The molecule has 1 unspecified atom stereocenters. The molecule has 2 N–H and O–H groups in total. The smallest absolute Gasteiger partial charge is 0.221 e. The van der Waals surface area contributed by atoms with Crippen molar-refractivity contribution < 1.29 is 4.79 Å². The minimum Gasteiger partial charge on any atom is -0.351 e. The van der Waals surface area contributed by atoms with Gasteiger partial charge < -0.3 is 10.6 Å². The molecule has 0 fully saturated rings. The topological polar surface area (TPSA) is 41.1 Å². The number of carbonyl (C=O) groups excluding carboxylic acids is 1. The highest BCUT2D eigenvalue weighted by Crippen LogP contribution is 2.14. The van der Waals surface area contributed by atoms with Crippen LogP contribution in [0.2, 0.25) is 0 Å². The first kappa shape index (κ1) is 16.4. The molecule has 0 saturated carbocycles. The van der Waals surface area contributed by atoms with Crippen LogP contribution in [-0.4, -0.2) is 18.0 Å². The van der Waals surface area contributed by atoms with Gasteiger partial charge in [-0.25, -0.2) is 0 Å². The Bertz CT molecular complexity index is 409. The van der Waals surface area contributed by atoms with Gasteiger partial charge in [-0.3, -0.25) is 4.79 Å². The van der Waals surface area contributed by atoms with E-state index in [1.807, 2.05) is 20.8 Å². The molecule has 0 aliphatic rings. The highest BCUT2D eigenvalue weighted by Gasteiger charge is 2.13. The summed E-state index contributed by atoms with van der Waals surface area (Å²) in [6.45, 7) is 8.78. The van der Waals surface area contributed by atoms with Crippen LogP contribution in [0.15, 0.2) is 24.3 Å². The molecule has 0 radical (unpaired) electrons. The van der Waals surface area contributed by atoms with Crippen molar-refractivity contribution in [2.75, 3.05) is 6.54 Å². The van der Waals surface area contributed by atoms with Crippen molar-refractivity contribution in [3.05, 3.63) is 33.4 Å². The third kappa shape index (κ3) is 6.92. The van der Waals surface area contributed by atoms with Crippen molar-refractivity contribution in [3.63, 3.8) is 0 Å². The number of benzene rings is 1. The van der Waals surface area contributed by atoms with Crippen molar-refractivity contribution in [2.45, 2.75) is 45.7 Å². The van der Waals surface area contributed by atoms with E-state index in [4.69, 9.17) is 0 Å². The van der Waals surface area contributed by atoms with E-state index >= 15 is 0 Å². The molecule has 4 heteroatoms. The summed E-state index contributed by atoms with van der Waals surface area (Å²) in [4.78, 5) is 11.7. The standard InChI is InChI=1S/C15H23IN2O/c1-11(12-5-7-13(16)8-6-12)17-10-9-14(19)18-15(2,3)4/h5-8,11,17H,9-10H2,1-4H3,(H,18,19). The van der Waals surface area contributed by atoms with Crippen LogP contribution in [0.4, 0.5) is 0 Å². The van der Waals surface area contributed by atoms with Gasteiger partial charge in [0.15, 0.2) is 0 Å². The molecule has 1 atom stereocenters. The number of nitrogens with one attached hydrogen (secondary N) is 2. The summed E-state index contributed by atoms with van der Waals surface area (Å²) in [5.41, 5.74) is 1.09. The Morgan fingerprint density at radius 3 is 2.37 bits per heavy atom. The lowest BCUT2D eigenvalue weighted by Gasteiger charge is -2.21. The van der Waals surface area contributed by atoms with Crippen LogP contribution in [-0.2, 0) is 4.79 Å². The molecule has 106 valence electrons. The Hall–Kier alpha value is -0.620. The fourth-order valence-corrected chi connectivity index (χ4v) is 2.11. The van der Waals surface area contributed by atoms with E-state index in [2.05, 4.69) is 64.4 Å². The third-order valence-corrected chi connectivity index (χ3v) is 3.41. The second-order valence-corrected chi connectivity index (χ2v) is 7.02. The fraction of sp³-hybridized carbons (Fsp3) is 0.533. The molecule has 0 aliphatic heterocycles. The zero-order valence-corrected chi connectivity index (χ0v) is 14.2. The number of hydrogen-bond acceptors (Lipinski definition) is 2. The van der Waals surface area contributed by atoms with Crippen molar-refractivity contribution in [3.8, 4) is 0 Å². The van der Waals surface area contributed by atoms with Crippen LogP contribution >= 0.6 is 22.6 Å². The molecule has 1 rings (SSSR count). The van der Waals surface area contributed by atoms with Gasteiger partial charge in [-0.15, -0.1) is 0 Å².